The van der Waals surface area contributed by atoms with Crippen molar-refractivity contribution in [3.05, 3.63) is 41.8 Å². The van der Waals surface area contributed by atoms with Gasteiger partial charge in [-0.2, -0.15) is 0 Å². The van der Waals surface area contributed by atoms with Crippen molar-refractivity contribution in [1.29, 1.82) is 0 Å². The lowest BCUT2D eigenvalue weighted by atomic mass is 9.92. The van der Waals surface area contributed by atoms with E-state index < -0.39 is 0 Å². The molecule has 0 aliphatic rings. The minimum atomic E-state index is -0.00471. The SMILES string of the molecule is [CH2]C(CO)c1ccc(C(C)C)c(C)c1. The molecule has 1 unspecified atom stereocenters. The molecule has 0 aliphatic heterocycles. The van der Waals surface area contributed by atoms with Crippen molar-refractivity contribution in [3.8, 4) is 0 Å². The quantitative estimate of drug-likeness (QED) is 0.778. The zero-order valence-electron chi connectivity index (χ0n) is 9.25. The largest absolute Gasteiger partial charge is 0.396 e. The van der Waals surface area contributed by atoms with E-state index in [0.29, 0.717) is 5.92 Å². The van der Waals surface area contributed by atoms with E-state index in [2.05, 4.69) is 45.9 Å². The highest BCUT2D eigenvalue weighted by atomic mass is 16.3. The van der Waals surface area contributed by atoms with Crippen LogP contribution < -0.4 is 0 Å². The molecule has 0 heterocycles. The second kappa shape index (κ2) is 4.61. The fraction of sp³-hybridized carbons (Fsp3) is 0.462. The molecule has 0 bridgehead atoms. The number of rotatable bonds is 3. The first-order chi connectivity index (χ1) is 6.56. The Kier molecular flexibility index (Phi) is 3.70. The summed E-state index contributed by atoms with van der Waals surface area (Å²) in [7, 11) is 0. The molecular formula is C13H19O. The average Bonchev–Trinajstić information content (AvgIpc) is 2.15. The molecule has 0 amide bonds. The molecule has 1 aromatic rings. The van der Waals surface area contributed by atoms with Crippen LogP contribution in [0.2, 0.25) is 0 Å². The summed E-state index contributed by atoms with van der Waals surface area (Å²) in [4.78, 5) is 0. The van der Waals surface area contributed by atoms with E-state index in [4.69, 9.17) is 5.11 Å². The molecule has 0 saturated heterocycles. The van der Waals surface area contributed by atoms with Gasteiger partial charge >= 0.3 is 0 Å². The number of hydrogen-bond acceptors (Lipinski definition) is 1. The minimum Gasteiger partial charge on any atom is -0.396 e. The molecule has 1 atom stereocenters. The van der Waals surface area contributed by atoms with Gasteiger partial charge in [-0.3, -0.25) is 0 Å². The fourth-order valence-electron chi connectivity index (χ4n) is 1.71. The first kappa shape index (κ1) is 11.3. The summed E-state index contributed by atoms with van der Waals surface area (Å²) >= 11 is 0. The van der Waals surface area contributed by atoms with Crippen LogP contribution >= 0.6 is 0 Å². The number of aliphatic hydroxyl groups excluding tert-OH is 1. The zero-order valence-corrected chi connectivity index (χ0v) is 9.25. The molecule has 1 heteroatoms. The Morgan fingerprint density at radius 2 is 2.00 bits per heavy atom. The minimum absolute atomic E-state index is 0.00471. The van der Waals surface area contributed by atoms with Gasteiger partial charge in [-0.05, 0) is 36.5 Å². The van der Waals surface area contributed by atoms with Gasteiger partial charge in [-0.1, -0.05) is 32.0 Å². The van der Waals surface area contributed by atoms with Crippen molar-refractivity contribution in [3.63, 3.8) is 0 Å². The number of aryl methyl sites for hydroxylation is 1. The fourth-order valence-corrected chi connectivity index (χ4v) is 1.71. The Hall–Kier alpha value is -0.820. The summed E-state index contributed by atoms with van der Waals surface area (Å²) in [5.74, 6) is 0.552. The van der Waals surface area contributed by atoms with E-state index in [9.17, 15) is 0 Å². The maximum absolute atomic E-state index is 9.00. The van der Waals surface area contributed by atoms with Gasteiger partial charge in [0.05, 0.1) is 0 Å². The third-order valence-electron chi connectivity index (χ3n) is 2.61. The van der Waals surface area contributed by atoms with E-state index in [1.807, 2.05) is 0 Å². The number of hydrogen-bond donors (Lipinski definition) is 1. The molecule has 0 spiro atoms. The van der Waals surface area contributed by atoms with Crippen LogP contribution in [0.4, 0.5) is 0 Å². The lowest BCUT2D eigenvalue weighted by Crippen LogP contribution is -2.01. The number of benzene rings is 1. The Morgan fingerprint density at radius 3 is 2.43 bits per heavy atom. The first-order valence-corrected chi connectivity index (χ1v) is 5.10. The highest BCUT2D eigenvalue weighted by molar-refractivity contribution is 5.35. The van der Waals surface area contributed by atoms with Crippen molar-refractivity contribution < 1.29 is 5.11 Å². The molecule has 77 valence electrons. The van der Waals surface area contributed by atoms with Gasteiger partial charge in [0.1, 0.15) is 0 Å². The summed E-state index contributed by atoms with van der Waals surface area (Å²) in [5, 5.41) is 9.00. The van der Waals surface area contributed by atoms with E-state index in [1.54, 1.807) is 0 Å². The summed E-state index contributed by atoms with van der Waals surface area (Å²) < 4.78 is 0. The van der Waals surface area contributed by atoms with Crippen LogP contribution in [0.3, 0.4) is 0 Å². The molecule has 0 fully saturated rings. The summed E-state index contributed by atoms with van der Waals surface area (Å²) in [6, 6.07) is 6.34. The molecule has 1 radical (unpaired) electrons. The van der Waals surface area contributed by atoms with Gasteiger partial charge in [-0.25, -0.2) is 0 Å². The lowest BCUT2D eigenvalue weighted by molar-refractivity contribution is 0.282. The predicted octanol–water partition coefficient (Wildman–Crippen LogP) is 3.03. The third-order valence-corrected chi connectivity index (χ3v) is 2.61. The molecule has 0 aliphatic carbocycles. The second-order valence-electron chi connectivity index (χ2n) is 4.15. The van der Waals surface area contributed by atoms with Gasteiger partial charge in [-0.15, -0.1) is 0 Å². The van der Waals surface area contributed by atoms with Gasteiger partial charge in [0.2, 0.25) is 0 Å². The molecular weight excluding hydrogens is 172 g/mol. The van der Waals surface area contributed by atoms with Crippen LogP contribution in [0.5, 0.6) is 0 Å². The molecule has 1 N–H and O–H groups in total. The first-order valence-electron chi connectivity index (χ1n) is 5.10. The van der Waals surface area contributed by atoms with Gasteiger partial charge in [0, 0.05) is 12.5 Å². The maximum Gasteiger partial charge on any atom is 0.0499 e. The monoisotopic (exact) mass is 191 g/mol. The average molecular weight is 191 g/mol. The van der Waals surface area contributed by atoms with Crippen molar-refractivity contribution in [2.45, 2.75) is 32.6 Å². The topological polar surface area (TPSA) is 20.2 Å². The molecule has 14 heavy (non-hydrogen) atoms. The van der Waals surface area contributed by atoms with Crippen molar-refractivity contribution in [2.24, 2.45) is 0 Å². The molecule has 0 aromatic heterocycles. The maximum atomic E-state index is 9.00. The molecule has 1 nitrogen and oxygen atoms in total. The van der Waals surface area contributed by atoms with E-state index in [1.165, 1.54) is 11.1 Å². The number of aliphatic hydroxyl groups is 1. The van der Waals surface area contributed by atoms with Crippen LogP contribution in [-0.2, 0) is 0 Å². The van der Waals surface area contributed by atoms with Gasteiger partial charge < -0.3 is 5.11 Å². The Balaban J connectivity index is 3.00. The Morgan fingerprint density at radius 1 is 1.36 bits per heavy atom. The van der Waals surface area contributed by atoms with Crippen LogP contribution in [0.1, 0.15) is 42.4 Å². The molecule has 1 rings (SSSR count). The third kappa shape index (κ3) is 2.36. The standard InChI is InChI=1S/C13H19O/c1-9(2)13-6-5-12(7-10(13)3)11(4)8-14/h5-7,9,11,14H,4,8H2,1-3H3. The van der Waals surface area contributed by atoms with Crippen LogP contribution in [-0.4, -0.2) is 11.7 Å². The summed E-state index contributed by atoms with van der Waals surface area (Å²) in [5.41, 5.74) is 3.79. The zero-order chi connectivity index (χ0) is 10.7. The molecule has 0 saturated carbocycles. The normalized spacial score (nSPS) is 13.3. The van der Waals surface area contributed by atoms with Crippen molar-refractivity contribution in [2.75, 3.05) is 6.61 Å². The lowest BCUT2D eigenvalue weighted by Gasteiger charge is -2.14. The van der Waals surface area contributed by atoms with Crippen LogP contribution in [0.15, 0.2) is 18.2 Å². The smallest absolute Gasteiger partial charge is 0.0499 e. The second-order valence-corrected chi connectivity index (χ2v) is 4.15. The highest BCUT2D eigenvalue weighted by Gasteiger charge is 2.07. The van der Waals surface area contributed by atoms with E-state index in [-0.39, 0.29) is 12.5 Å². The van der Waals surface area contributed by atoms with Crippen LogP contribution in [0.25, 0.3) is 0 Å². The van der Waals surface area contributed by atoms with Crippen LogP contribution in [0, 0.1) is 13.8 Å². The Labute approximate surface area is 86.8 Å². The van der Waals surface area contributed by atoms with Crippen molar-refractivity contribution in [1.82, 2.24) is 0 Å². The molecule has 1 aromatic carbocycles. The summed E-state index contributed by atoms with van der Waals surface area (Å²) in [6.45, 7) is 10.5. The summed E-state index contributed by atoms with van der Waals surface area (Å²) in [6.07, 6.45) is 0. The van der Waals surface area contributed by atoms with Gasteiger partial charge in [0.15, 0.2) is 0 Å². The van der Waals surface area contributed by atoms with E-state index >= 15 is 0 Å². The van der Waals surface area contributed by atoms with E-state index in [0.717, 1.165) is 5.56 Å². The Bertz CT molecular complexity index is 302. The van der Waals surface area contributed by atoms with Crippen molar-refractivity contribution >= 4 is 0 Å². The highest BCUT2D eigenvalue weighted by Crippen LogP contribution is 2.23. The predicted molar refractivity (Wildman–Crippen MR) is 60.5 cm³/mol. The van der Waals surface area contributed by atoms with Gasteiger partial charge in [0.25, 0.3) is 0 Å².